The first kappa shape index (κ1) is 31.4. The van der Waals surface area contributed by atoms with Gasteiger partial charge in [0.15, 0.2) is 0 Å². The van der Waals surface area contributed by atoms with Crippen molar-refractivity contribution >= 4 is 23.7 Å². The zero-order valence-electron chi connectivity index (χ0n) is 24.7. The van der Waals surface area contributed by atoms with Crippen LogP contribution in [0.3, 0.4) is 0 Å². The molecular formula is C32H43N3O7. The number of hydrogen-bond acceptors (Lipinski definition) is 7. The predicted molar refractivity (Wildman–Crippen MR) is 156 cm³/mol. The summed E-state index contributed by atoms with van der Waals surface area (Å²) in [5.41, 5.74) is -0.433. The van der Waals surface area contributed by atoms with Crippen LogP contribution in [-0.4, -0.2) is 88.2 Å². The largest absolute Gasteiger partial charge is 0.463 e. The van der Waals surface area contributed by atoms with Crippen molar-refractivity contribution in [3.8, 4) is 0 Å². The van der Waals surface area contributed by atoms with Gasteiger partial charge in [-0.05, 0) is 45.6 Å². The summed E-state index contributed by atoms with van der Waals surface area (Å²) in [7, 11) is 0. The summed E-state index contributed by atoms with van der Waals surface area (Å²) in [4.78, 5) is 57.6. The highest BCUT2D eigenvalue weighted by molar-refractivity contribution is 5.99. The van der Waals surface area contributed by atoms with E-state index in [-0.39, 0.29) is 37.5 Å². The Balaban J connectivity index is 1.64. The van der Waals surface area contributed by atoms with Gasteiger partial charge in [0.1, 0.15) is 18.2 Å². The van der Waals surface area contributed by atoms with Crippen LogP contribution in [0.2, 0.25) is 0 Å². The monoisotopic (exact) mass is 581 g/mol. The third-order valence-corrected chi connectivity index (χ3v) is 8.73. The molecule has 4 rings (SSSR count). The standard InChI is InChI=1S/C32H43N3O7/c1-6-8-14-25(37)41-19-23(22-12-10-9-11-13-22)33-29(38)26-24-15-16-32(42-24)27(26)30(39)35(21(5)18-36)28(32)31(40)34(17-7-2)20(3)4/h6-7,9-13,20-21,23-24,26-28,36H,1-2,8,14-19H2,3-5H3,(H,33,38)/t21-,23+,24-,26+,27+,28-,32+/m1/s1. The second-order valence-corrected chi connectivity index (χ2v) is 11.7. The number of rotatable bonds is 14. The minimum atomic E-state index is -1.18. The lowest BCUT2D eigenvalue weighted by Crippen LogP contribution is -2.59. The number of amides is 3. The lowest BCUT2D eigenvalue weighted by atomic mass is 9.70. The highest BCUT2D eigenvalue weighted by Gasteiger charge is 2.75. The molecule has 2 bridgehead atoms. The number of carbonyl (C=O) groups is 4. The minimum absolute atomic E-state index is 0.0760. The molecule has 3 saturated heterocycles. The van der Waals surface area contributed by atoms with Gasteiger partial charge in [-0.3, -0.25) is 19.2 Å². The lowest BCUT2D eigenvalue weighted by Gasteiger charge is -2.39. The first-order valence-corrected chi connectivity index (χ1v) is 14.7. The Morgan fingerprint density at radius 2 is 1.93 bits per heavy atom. The van der Waals surface area contributed by atoms with Gasteiger partial charge in [-0.15, -0.1) is 13.2 Å². The number of hydrogen-bond donors (Lipinski definition) is 2. The fourth-order valence-corrected chi connectivity index (χ4v) is 6.73. The molecule has 0 unspecified atom stereocenters. The van der Waals surface area contributed by atoms with Gasteiger partial charge >= 0.3 is 5.97 Å². The molecule has 10 nitrogen and oxygen atoms in total. The number of nitrogens with one attached hydrogen (secondary N) is 1. The van der Waals surface area contributed by atoms with Crippen LogP contribution < -0.4 is 5.32 Å². The second-order valence-electron chi connectivity index (χ2n) is 11.7. The molecule has 3 aliphatic heterocycles. The van der Waals surface area contributed by atoms with Crippen LogP contribution in [-0.2, 0) is 28.7 Å². The fraction of sp³-hybridized carbons (Fsp3) is 0.562. The van der Waals surface area contributed by atoms with E-state index in [1.54, 1.807) is 24.0 Å². The highest BCUT2D eigenvalue weighted by Crippen LogP contribution is 2.59. The number of aliphatic hydroxyl groups excluding tert-OH is 1. The summed E-state index contributed by atoms with van der Waals surface area (Å²) in [6.07, 6.45) is 4.37. The Hall–Kier alpha value is -3.50. The van der Waals surface area contributed by atoms with Gasteiger partial charge in [-0.1, -0.05) is 42.5 Å². The lowest BCUT2D eigenvalue weighted by molar-refractivity contribution is -0.152. The predicted octanol–water partition coefficient (Wildman–Crippen LogP) is 2.53. The van der Waals surface area contributed by atoms with Gasteiger partial charge < -0.3 is 29.7 Å². The van der Waals surface area contributed by atoms with E-state index in [2.05, 4.69) is 18.5 Å². The van der Waals surface area contributed by atoms with Crippen LogP contribution in [0, 0.1) is 11.8 Å². The molecule has 3 heterocycles. The van der Waals surface area contributed by atoms with E-state index in [0.29, 0.717) is 25.8 Å². The van der Waals surface area contributed by atoms with Gasteiger partial charge in [-0.2, -0.15) is 0 Å². The van der Waals surface area contributed by atoms with Crippen LogP contribution in [0.25, 0.3) is 0 Å². The van der Waals surface area contributed by atoms with Crippen LogP contribution >= 0.6 is 0 Å². The molecular weight excluding hydrogens is 538 g/mol. The zero-order valence-corrected chi connectivity index (χ0v) is 24.7. The van der Waals surface area contributed by atoms with E-state index in [9.17, 15) is 24.3 Å². The molecule has 0 aliphatic carbocycles. The number of fused-ring (bicyclic) bond motifs is 1. The van der Waals surface area contributed by atoms with E-state index < -0.39 is 53.5 Å². The number of benzene rings is 1. The number of ether oxygens (including phenoxy) is 2. The zero-order chi connectivity index (χ0) is 30.6. The molecule has 0 saturated carbocycles. The summed E-state index contributed by atoms with van der Waals surface area (Å²) in [5.74, 6) is -3.17. The van der Waals surface area contributed by atoms with Crippen molar-refractivity contribution in [2.45, 2.75) is 82.3 Å². The quantitative estimate of drug-likeness (QED) is 0.256. The molecule has 0 aromatic heterocycles. The molecule has 228 valence electrons. The Labute approximate surface area is 247 Å². The van der Waals surface area contributed by atoms with Gasteiger partial charge in [0, 0.05) is 19.0 Å². The first-order chi connectivity index (χ1) is 20.1. The van der Waals surface area contributed by atoms with E-state index in [1.807, 2.05) is 44.2 Å². The number of allylic oxidation sites excluding steroid dienone is 1. The van der Waals surface area contributed by atoms with Gasteiger partial charge in [0.05, 0.1) is 36.6 Å². The normalized spacial score (nSPS) is 27.4. The smallest absolute Gasteiger partial charge is 0.306 e. The summed E-state index contributed by atoms with van der Waals surface area (Å²) in [6, 6.07) is 6.75. The summed E-state index contributed by atoms with van der Waals surface area (Å²) >= 11 is 0. The van der Waals surface area contributed by atoms with Crippen molar-refractivity contribution in [3.63, 3.8) is 0 Å². The molecule has 1 aromatic carbocycles. The average Bonchev–Trinajstić information content (AvgIpc) is 3.63. The van der Waals surface area contributed by atoms with Crippen molar-refractivity contribution in [1.82, 2.24) is 15.1 Å². The van der Waals surface area contributed by atoms with Crippen LogP contribution in [0.4, 0.5) is 0 Å². The third-order valence-electron chi connectivity index (χ3n) is 8.73. The molecule has 10 heteroatoms. The maximum atomic E-state index is 14.1. The highest BCUT2D eigenvalue weighted by atomic mass is 16.5. The van der Waals surface area contributed by atoms with Crippen molar-refractivity contribution < 1.29 is 33.8 Å². The van der Waals surface area contributed by atoms with Gasteiger partial charge in [0.2, 0.25) is 17.7 Å². The molecule has 1 aromatic rings. The number of aliphatic hydroxyl groups is 1. The Morgan fingerprint density at radius 3 is 2.55 bits per heavy atom. The van der Waals surface area contributed by atoms with Crippen molar-refractivity contribution in [3.05, 3.63) is 61.2 Å². The molecule has 3 fully saturated rings. The number of nitrogens with zero attached hydrogens (tertiary/aromatic N) is 2. The molecule has 3 amide bonds. The van der Waals surface area contributed by atoms with Crippen LogP contribution in [0.5, 0.6) is 0 Å². The van der Waals surface area contributed by atoms with E-state index in [1.165, 1.54) is 4.90 Å². The SMILES string of the molecule is C=CCCC(=O)OC[C@H](NC(=O)[C@@H]1[C@H]2C(=O)N([C@H](C)CO)[C@H](C(=O)N(CC=C)C(C)C)[C@]23CC[C@H]1O3)c1ccccc1. The summed E-state index contributed by atoms with van der Waals surface area (Å²) < 4.78 is 12.0. The molecule has 0 radical (unpaired) electrons. The number of likely N-dealkylation sites (tertiary alicyclic amines) is 1. The van der Waals surface area contributed by atoms with E-state index in [0.717, 1.165) is 5.56 Å². The Morgan fingerprint density at radius 1 is 1.21 bits per heavy atom. The van der Waals surface area contributed by atoms with Gasteiger partial charge in [-0.25, -0.2) is 0 Å². The summed E-state index contributed by atoms with van der Waals surface area (Å²) in [6.45, 7) is 12.8. The second kappa shape index (κ2) is 13.2. The maximum absolute atomic E-state index is 14.1. The summed E-state index contributed by atoms with van der Waals surface area (Å²) in [5, 5.41) is 13.1. The van der Waals surface area contributed by atoms with E-state index in [4.69, 9.17) is 9.47 Å². The molecule has 7 atom stereocenters. The minimum Gasteiger partial charge on any atom is -0.463 e. The third kappa shape index (κ3) is 5.74. The fourth-order valence-electron chi connectivity index (χ4n) is 6.73. The van der Waals surface area contributed by atoms with Crippen molar-refractivity contribution in [2.75, 3.05) is 19.8 Å². The Kier molecular flexibility index (Phi) is 9.89. The van der Waals surface area contributed by atoms with Crippen molar-refractivity contribution in [2.24, 2.45) is 11.8 Å². The van der Waals surface area contributed by atoms with Crippen LogP contribution in [0.15, 0.2) is 55.6 Å². The van der Waals surface area contributed by atoms with Gasteiger partial charge in [0.25, 0.3) is 0 Å². The molecule has 3 aliphatic rings. The number of carbonyl (C=O) groups excluding carboxylic acids is 4. The first-order valence-electron chi connectivity index (χ1n) is 14.7. The Bertz CT molecular complexity index is 1190. The van der Waals surface area contributed by atoms with E-state index >= 15 is 0 Å². The molecule has 2 N–H and O–H groups in total. The van der Waals surface area contributed by atoms with Crippen molar-refractivity contribution in [1.29, 1.82) is 0 Å². The topological polar surface area (TPSA) is 125 Å². The number of esters is 1. The van der Waals surface area contributed by atoms with Crippen LogP contribution in [0.1, 0.15) is 58.1 Å². The average molecular weight is 582 g/mol. The molecule has 42 heavy (non-hydrogen) atoms. The maximum Gasteiger partial charge on any atom is 0.306 e. The molecule has 1 spiro atoms.